The first kappa shape index (κ1) is 15.4. The first-order valence-electron chi connectivity index (χ1n) is 8.39. The molecule has 1 atom stereocenters. The third-order valence-corrected chi connectivity index (χ3v) is 4.56. The summed E-state index contributed by atoms with van der Waals surface area (Å²) in [7, 11) is 0. The lowest BCUT2D eigenvalue weighted by molar-refractivity contribution is -0.100. The van der Waals surface area contributed by atoms with Crippen LogP contribution >= 0.6 is 0 Å². The van der Waals surface area contributed by atoms with Crippen molar-refractivity contribution < 1.29 is 18.8 Å². The lowest BCUT2D eigenvalue weighted by Gasteiger charge is -2.37. The van der Waals surface area contributed by atoms with E-state index in [9.17, 15) is 4.79 Å². The lowest BCUT2D eigenvalue weighted by atomic mass is 10.0. The van der Waals surface area contributed by atoms with Crippen molar-refractivity contribution in [2.24, 2.45) is 0 Å². The highest BCUT2D eigenvalue weighted by Crippen LogP contribution is 2.27. The number of carbonyl (C=O) groups is 1. The summed E-state index contributed by atoms with van der Waals surface area (Å²) in [6.07, 6.45) is 2.62. The SMILES string of the molecule is O=C(c1cc(-c2ccccc2)on1)N1CCCCC1C1OCCO1. The molecule has 6 heteroatoms. The zero-order valence-corrected chi connectivity index (χ0v) is 13.4. The van der Waals surface area contributed by atoms with Crippen molar-refractivity contribution in [2.75, 3.05) is 19.8 Å². The van der Waals surface area contributed by atoms with Gasteiger partial charge in [-0.3, -0.25) is 4.79 Å². The highest BCUT2D eigenvalue weighted by Gasteiger charge is 2.37. The second kappa shape index (κ2) is 6.75. The van der Waals surface area contributed by atoms with E-state index in [1.807, 2.05) is 35.2 Å². The maximum absolute atomic E-state index is 12.9. The van der Waals surface area contributed by atoms with Gasteiger partial charge in [0.05, 0.1) is 19.3 Å². The third-order valence-electron chi connectivity index (χ3n) is 4.56. The van der Waals surface area contributed by atoms with Gasteiger partial charge in [0.25, 0.3) is 5.91 Å². The molecule has 2 aliphatic rings. The van der Waals surface area contributed by atoms with Crippen LogP contribution in [0.2, 0.25) is 0 Å². The molecule has 0 spiro atoms. The Labute approximate surface area is 140 Å². The van der Waals surface area contributed by atoms with Crippen LogP contribution in [0.3, 0.4) is 0 Å². The topological polar surface area (TPSA) is 64.8 Å². The summed E-state index contributed by atoms with van der Waals surface area (Å²) in [4.78, 5) is 14.7. The molecule has 0 aliphatic carbocycles. The van der Waals surface area contributed by atoms with Gasteiger partial charge in [0.15, 0.2) is 17.7 Å². The predicted molar refractivity (Wildman–Crippen MR) is 86.3 cm³/mol. The molecule has 0 radical (unpaired) electrons. The van der Waals surface area contributed by atoms with Gasteiger partial charge in [0, 0.05) is 18.2 Å². The number of likely N-dealkylation sites (tertiary alicyclic amines) is 1. The van der Waals surface area contributed by atoms with Crippen LogP contribution in [0.25, 0.3) is 11.3 Å². The lowest BCUT2D eigenvalue weighted by Crippen LogP contribution is -2.50. The van der Waals surface area contributed by atoms with E-state index in [4.69, 9.17) is 14.0 Å². The summed E-state index contributed by atoms with van der Waals surface area (Å²) in [5.74, 6) is 0.477. The van der Waals surface area contributed by atoms with Gasteiger partial charge in [-0.1, -0.05) is 35.5 Å². The molecule has 24 heavy (non-hydrogen) atoms. The third kappa shape index (κ3) is 2.95. The van der Waals surface area contributed by atoms with Gasteiger partial charge in [-0.2, -0.15) is 0 Å². The van der Waals surface area contributed by atoms with Gasteiger partial charge in [0.1, 0.15) is 0 Å². The highest BCUT2D eigenvalue weighted by molar-refractivity contribution is 5.93. The van der Waals surface area contributed by atoms with Gasteiger partial charge >= 0.3 is 0 Å². The number of aromatic nitrogens is 1. The Bertz CT molecular complexity index is 694. The van der Waals surface area contributed by atoms with Crippen LogP contribution in [-0.4, -0.2) is 48.1 Å². The first-order valence-corrected chi connectivity index (χ1v) is 8.39. The van der Waals surface area contributed by atoms with E-state index in [0.29, 0.717) is 31.2 Å². The molecule has 0 N–H and O–H groups in total. The molecule has 0 saturated carbocycles. The van der Waals surface area contributed by atoms with Crippen molar-refractivity contribution in [1.29, 1.82) is 0 Å². The van der Waals surface area contributed by atoms with E-state index < -0.39 is 0 Å². The van der Waals surface area contributed by atoms with Crippen LogP contribution in [-0.2, 0) is 9.47 Å². The molecule has 126 valence electrons. The van der Waals surface area contributed by atoms with Crippen molar-refractivity contribution in [2.45, 2.75) is 31.6 Å². The first-order chi connectivity index (χ1) is 11.8. The van der Waals surface area contributed by atoms with Crippen LogP contribution < -0.4 is 0 Å². The van der Waals surface area contributed by atoms with E-state index in [1.54, 1.807) is 6.07 Å². The Balaban J connectivity index is 1.54. The number of hydrogen-bond donors (Lipinski definition) is 0. The number of carbonyl (C=O) groups excluding carboxylic acids is 1. The van der Waals surface area contributed by atoms with Crippen LogP contribution in [0.4, 0.5) is 0 Å². The zero-order valence-electron chi connectivity index (χ0n) is 13.4. The smallest absolute Gasteiger partial charge is 0.276 e. The van der Waals surface area contributed by atoms with E-state index in [1.165, 1.54) is 0 Å². The molecule has 1 unspecified atom stereocenters. The predicted octanol–water partition coefficient (Wildman–Crippen LogP) is 2.71. The number of hydrogen-bond acceptors (Lipinski definition) is 5. The molecule has 2 fully saturated rings. The van der Waals surface area contributed by atoms with Gasteiger partial charge in [-0.05, 0) is 19.3 Å². The summed E-state index contributed by atoms with van der Waals surface area (Å²) >= 11 is 0. The normalized spacial score (nSPS) is 22.0. The van der Waals surface area contributed by atoms with Crippen molar-refractivity contribution in [3.05, 3.63) is 42.1 Å². The Kier molecular flexibility index (Phi) is 4.32. The summed E-state index contributed by atoms with van der Waals surface area (Å²) in [5.41, 5.74) is 1.24. The molecule has 1 amide bonds. The van der Waals surface area contributed by atoms with Crippen molar-refractivity contribution >= 4 is 5.91 Å². The fourth-order valence-corrected chi connectivity index (χ4v) is 3.35. The standard InChI is InChI=1S/C18H20N2O4/c21-17(14-12-16(24-19-14)13-6-2-1-3-7-13)20-9-5-4-8-15(20)18-22-10-11-23-18/h1-3,6-7,12,15,18H,4-5,8-11H2. The van der Waals surface area contributed by atoms with E-state index in [0.717, 1.165) is 24.8 Å². The average Bonchev–Trinajstić information content (AvgIpc) is 3.34. The van der Waals surface area contributed by atoms with Crippen LogP contribution in [0.5, 0.6) is 0 Å². The Morgan fingerprint density at radius 1 is 1.12 bits per heavy atom. The quantitative estimate of drug-likeness (QED) is 0.867. The number of nitrogens with zero attached hydrogens (tertiary/aromatic N) is 2. The molecule has 2 saturated heterocycles. The average molecular weight is 328 g/mol. The van der Waals surface area contributed by atoms with Crippen molar-refractivity contribution in [3.8, 4) is 11.3 Å². The Morgan fingerprint density at radius 2 is 1.92 bits per heavy atom. The molecular weight excluding hydrogens is 308 g/mol. The van der Waals surface area contributed by atoms with Crippen LogP contribution in [0, 0.1) is 0 Å². The fourth-order valence-electron chi connectivity index (χ4n) is 3.35. The molecular formula is C18H20N2O4. The largest absolute Gasteiger partial charge is 0.355 e. The zero-order chi connectivity index (χ0) is 16.4. The molecule has 0 bridgehead atoms. The molecule has 4 rings (SSSR count). The molecule has 1 aromatic carbocycles. The molecule has 3 heterocycles. The van der Waals surface area contributed by atoms with E-state index in [2.05, 4.69) is 5.16 Å². The minimum absolute atomic E-state index is 0.0503. The number of amides is 1. The molecule has 6 nitrogen and oxygen atoms in total. The van der Waals surface area contributed by atoms with E-state index >= 15 is 0 Å². The maximum atomic E-state index is 12.9. The summed E-state index contributed by atoms with van der Waals surface area (Å²) in [5, 5.41) is 3.98. The fraction of sp³-hybridized carbons (Fsp3) is 0.444. The number of benzene rings is 1. The molecule has 2 aliphatic heterocycles. The Hall–Kier alpha value is -2.18. The maximum Gasteiger partial charge on any atom is 0.276 e. The Morgan fingerprint density at radius 3 is 2.71 bits per heavy atom. The molecule has 2 aromatic rings. The minimum atomic E-state index is -0.324. The van der Waals surface area contributed by atoms with Gasteiger partial charge in [-0.15, -0.1) is 0 Å². The van der Waals surface area contributed by atoms with E-state index in [-0.39, 0.29) is 18.2 Å². The van der Waals surface area contributed by atoms with Gasteiger partial charge in [0.2, 0.25) is 0 Å². The summed E-state index contributed by atoms with van der Waals surface area (Å²) in [6, 6.07) is 11.3. The molecule has 1 aromatic heterocycles. The van der Waals surface area contributed by atoms with Gasteiger partial charge in [-0.25, -0.2) is 0 Å². The number of piperidine rings is 1. The second-order valence-electron chi connectivity index (χ2n) is 6.11. The number of rotatable bonds is 3. The number of ether oxygens (including phenoxy) is 2. The van der Waals surface area contributed by atoms with Crippen molar-refractivity contribution in [1.82, 2.24) is 10.1 Å². The van der Waals surface area contributed by atoms with Gasteiger partial charge < -0.3 is 18.9 Å². The summed E-state index contributed by atoms with van der Waals surface area (Å²) in [6.45, 7) is 1.87. The second-order valence-corrected chi connectivity index (χ2v) is 6.11. The van der Waals surface area contributed by atoms with Crippen molar-refractivity contribution in [3.63, 3.8) is 0 Å². The van der Waals surface area contributed by atoms with Crippen LogP contribution in [0.15, 0.2) is 40.9 Å². The summed E-state index contributed by atoms with van der Waals surface area (Å²) < 4.78 is 16.6. The minimum Gasteiger partial charge on any atom is -0.355 e. The highest BCUT2D eigenvalue weighted by atomic mass is 16.7. The monoisotopic (exact) mass is 328 g/mol. The van der Waals surface area contributed by atoms with Crippen LogP contribution in [0.1, 0.15) is 29.8 Å².